The summed E-state index contributed by atoms with van der Waals surface area (Å²) in [7, 11) is 0. The zero-order valence-corrected chi connectivity index (χ0v) is 12.0. The van der Waals surface area contributed by atoms with Gasteiger partial charge in [-0.3, -0.25) is 4.79 Å². The van der Waals surface area contributed by atoms with Crippen molar-refractivity contribution in [3.05, 3.63) is 21.3 Å². The van der Waals surface area contributed by atoms with E-state index in [1.165, 1.54) is 4.88 Å². The average molecular weight is 272 g/mol. The fourth-order valence-electron chi connectivity index (χ4n) is 2.53. The highest BCUT2D eigenvalue weighted by Crippen LogP contribution is 2.42. The molecule has 0 aromatic carbocycles. The first-order valence-corrected chi connectivity index (χ1v) is 7.16. The summed E-state index contributed by atoms with van der Waals surface area (Å²) in [6.07, 6.45) is 1.58. The van der Waals surface area contributed by atoms with Gasteiger partial charge in [0.2, 0.25) is 5.91 Å². The third-order valence-electron chi connectivity index (χ3n) is 3.48. The molecule has 1 amide bonds. The molecule has 0 spiro atoms. The van der Waals surface area contributed by atoms with E-state index in [1.807, 2.05) is 6.07 Å². The molecule has 4 heteroatoms. The lowest BCUT2D eigenvalue weighted by atomic mass is 9.78. The third kappa shape index (κ3) is 2.50. The molecule has 1 aromatic rings. The van der Waals surface area contributed by atoms with E-state index < -0.39 is 0 Å². The van der Waals surface area contributed by atoms with E-state index in [-0.39, 0.29) is 17.4 Å². The Labute approximate surface area is 111 Å². The quantitative estimate of drug-likeness (QED) is 0.894. The highest BCUT2D eigenvalue weighted by atomic mass is 35.5. The van der Waals surface area contributed by atoms with Crippen LogP contribution in [0.4, 0.5) is 0 Å². The van der Waals surface area contributed by atoms with Crippen molar-refractivity contribution in [3.8, 4) is 0 Å². The molecule has 2 unspecified atom stereocenters. The zero-order chi connectivity index (χ0) is 12.6. The molecule has 0 aliphatic carbocycles. The standard InChI is InChI=1S/C13H18ClNOS/c1-8(2)6-9-13(3,7-12(16)15-9)10-4-5-11(14)17-10/h4-5,8-9H,6-7H2,1-3H3,(H,15,16). The topological polar surface area (TPSA) is 29.1 Å². The molecule has 2 nitrogen and oxygen atoms in total. The van der Waals surface area contributed by atoms with Gasteiger partial charge in [0.25, 0.3) is 0 Å². The summed E-state index contributed by atoms with van der Waals surface area (Å²) in [5, 5.41) is 3.11. The molecule has 2 heterocycles. The van der Waals surface area contributed by atoms with Crippen molar-refractivity contribution < 1.29 is 4.79 Å². The SMILES string of the molecule is CC(C)CC1NC(=O)CC1(C)c1ccc(Cl)s1. The molecular weight excluding hydrogens is 254 g/mol. The van der Waals surface area contributed by atoms with E-state index in [9.17, 15) is 4.79 Å². The molecule has 1 aliphatic heterocycles. The first kappa shape index (κ1) is 12.9. The summed E-state index contributed by atoms with van der Waals surface area (Å²) >= 11 is 7.59. The van der Waals surface area contributed by atoms with Crippen LogP contribution < -0.4 is 5.32 Å². The van der Waals surface area contributed by atoms with E-state index >= 15 is 0 Å². The van der Waals surface area contributed by atoms with Crippen molar-refractivity contribution in [2.24, 2.45) is 5.92 Å². The van der Waals surface area contributed by atoms with Gasteiger partial charge in [0.05, 0.1) is 4.34 Å². The van der Waals surface area contributed by atoms with Crippen LogP contribution in [0.5, 0.6) is 0 Å². The summed E-state index contributed by atoms with van der Waals surface area (Å²) in [4.78, 5) is 12.9. The monoisotopic (exact) mass is 271 g/mol. The lowest BCUT2D eigenvalue weighted by Gasteiger charge is -2.30. The predicted molar refractivity (Wildman–Crippen MR) is 72.7 cm³/mol. The van der Waals surface area contributed by atoms with Gasteiger partial charge >= 0.3 is 0 Å². The van der Waals surface area contributed by atoms with Gasteiger partial charge in [-0.1, -0.05) is 32.4 Å². The maximum Gasteiger partial charge on any atom is 0.221 e. The van der Waals surface area contributed by atoms with Gasteiger partial charge in [0.1, 0.15) is 0 Å². The van der Waals surface area contributed by atoms with Crippen LogP contribution in [-0.4, -0.2) is 11.9 Å². The van der Waals surface area contributed by atoms with Crippen LogP contribution in [0.25, 0.3) is 0 Å². The maximum absolute atomic E-state index is 11.7. The van der Waals surface area contributed by atoms with Gasteiger partial charge in [-0.2, -0.15) is 0 Å². The van der Waals surface area contributed by atoms with E-state index in [0.717, 1.165) is 10.8 Å². The molecule has 94 valence electrons. The molecule has 0 saturated carbocycles. The molecule has 1 aromatic heterocycles. The zero-order valence-electron chi connectivity index (χ0n) is 10.4. The van der Waals surface area contributed by atoms with Crippen molar-refractivity contribution in [2.75, 3.05) is 0 Å². The first-order chi connectivity index (χ1) is 7.91. The average Bonchev–Trinajstić information content (AvgIpc) is 2.72. The van der Waals surface area contributed by atoms with Crippen molar-refractivity contribution in [2.45, 2.75) is 45.1 Å². The molecule has 1 fully saturated rings. The number of thiophene rings is 1. The minimum absolute atomic E-state index is 0.0981. The van der Waals surface area contributed by atoms with Gasteiger partial charge in [-0.25, -0.2) is 0 Å². The predicted octanol–water partition coefficient (Wildman–Crippen LogP) is 3.59. The number of hydrogen-bond donors (Lipinski definition) is 1. The van der Waals surface area contributed by atoms with Crippen LogP contribution in [0.1, 0.15) is 38.5 Å². The van der Waals surface area contributed by atoms with Gasteiger partial charge < -0.3 is 5.32 Å². The summed E-state index contributed by atoms with van der Waals surface area (Å²) in [6, 6.07) is 4.20. The Hall–Kier alpha value is -0.540. The Morgan fingerprint density at radius 3 is 2.82 bits per heavy atom. The number of carbonyl (C=O) groups excluding carboxylic acids is 1. The van der Waals surface area contributed by atoms with E-state index in [2.05, 4.69) is 32.2 Å². The summed E-state index contributed by atoms with van der Waals surface area (Å²) < 4.78 is 0.795. The van der Waals surface area contributed by atoms with Crippen LogP contribution in [0, 0.1) is 5.92 Å². The highest BCUT2D eigenvalue weighted by Gasteiger charge is 2.45. The van der Waals surface area contributed by atoms with Crippen LogP contribution in [0.3, 0.4) is 0 Å². The van der Waals surface area contributed by atoms with Crippen molar-refractivity contribution in [1.82, 2.24) is 5.32 Å². The Kier molecular flexibility index (Phi) is 3.50. The molecule has 2 atom stereocenters. The number of hydrogen-bond acceptors (Lipinski definition) is 2. The maximum atomic E-state index is 11.7. The first-order valence-electron chi connectivity index (χ1n) is 5.97. The fourth-order valence-corrected chi connectivity index (χ4v) is 3.77. The van der Waals surface area contributed by atoms with E-state index in [4.69, 9.17) is 11.6 Å². The summed E-state index contributed by atoms with van der Waals surface area (Å²) in [5.41, 5.74) is -0.0981. The smallest absolute Gasteiger partial charge is 0.221 e. The lowest BCUT2D eigenvalue weighted by molar-refractivity contribution is -0.119. The summed E-state index contributed by atoms with van der Waals surface area (Å²) in [5.74, 6) is 0.732. The Morgan fingerprint density at radius 1 is 1.59 bits per heavy atom. The molecule has 17 heavy (non-hydrogen) atoms. The minimum Gasteiger partial charge on any atom is -0.352 e. The van der Waals surface area contributed by atoms with Gasteiger partial charge in [-0.05, 0) is 24.5 Å². The van der Waals surface area contributed by atoms with E-state index in [0.29, 0.717) is 12.3 Å². The molecule has 0 bridgehead atoms. The molecule has 1 N–H and O–H groups in total. The molecule has 2 rings (SSSR count). The Balaban J connectivity index is 2.29. The molecule has 0 radical (unpaired) electrons. The number of amides is 1. The fraction of sp³-hybridized carbons (Fsp3) is 0.615. The van der Waals surface area contributed by atoms with Crippen molar-refractivity contribution in [3.63, 3.8) is 0 Å². The number of halogens is 1. The normalized spacial score (nSPS) is 28.8. The Morgan fingerprint density at radius 2 is 2.29 bits per heavy atom. The van der Waals surface area contributed by atoms with Gasteiger partial charge in [0, 0.05) is 22.8 Å². The lowest BCUT2D eigenvalue weighted by Crippen LogP contribution is -2.38. The van der Waals surface area contributed by atoms with Crippen LogP contribution in [0.15, 0.2) is 12.1 Å². The minimum atomic E-state index is -0.0981. The van der Waals surface area contributed by atoms with Gasteiger partial charge in [0.15, 0.2) is 0 Å². The van der Waals surface area contributed by atoms with Crippen molar-refractivity contribution >= 4 is 28.8 Å². The second-order valence-corrected chi connectivity index (χ2v) is 7.16. The summed E-state index contributed by atoms with van der Waals surface area (Å²) in [6.45, 7) is 6.54. The van der Waals surface area contributed by atoms with Crippen molar-refractivity contribution in [1.29, 1.82) is 0 Å². The second kappa shape index (κ2) is 4.62. The molecular formula is C13H18ClNOS. The highest BCUT2D eigenvalue weighted by molar-refractivity contribution is 7.16. The number of rotatable bonds is 3. The van der Waals surface area contributed by atoms with Crippen LogP contribution in [-0.2, 0) is 10.2 Å². The largest absolute Gasteiger partial charge is 0.352 e. The number of nitrogens with one attached hydrogen (secondary N) is 1. The van der Waals surface area contributed by atoms with E-state index in [1.54, 1.807) is 11.3 Å². The van der Waals surface area contributed by atoms with Crippen LogP contribution in [0.2, 0.25) is 4.34 Å². The number of carbonyl (C=O) groups is 1. The molecule has 1 saturated heterocycles. The van der Waals surface area contributed by atoms with Gasteiger partial charge in [-0.15, -0.1) is 11.3 Å². The Bertz CT molecular complexity index is 429. The second-order valence-electron chi connectivity index (χ2n) is 5.45. The molecule has 1 aliphatic rings. The third-order valence-corrected chi connectivity index (χ3v) is 4.99. The van der Waals surface area contributed by atoms with Crippen LogP contribution >= 0.6 is 22.9 Å².